The molecule has 1 unspecified atom stereocenters. The lowest BCUT2D eigenvalue weighted by atomic mass is 9.92. The molecule has 0 radical (unpaired) electrons. The molecule has 4 heteroatoms. The van der Waals surface area contributed by atoms with E-state index in [9.17, 15) is 4.79 Å². The maximum absolute atomic E-state index is 11.4. The summed E-state index contributed by atoms with van der Waals surface area (Å²) in [5.74, 6) is 0.642. The van der Waals surface area contributed by atoms with Crippen LogP contribution in [0.4, 0.5) is 0 Å². The summed E-state index contributed by atoms with van der Waals surface area (Å²) in [4.78, 5) is 13.5. The van der Waals surface area contributed by atoms with E-state index in [-0.39, 0.29) is 12.1 Å². The van der Waals surface area contributed by atoms with Crippen LogP contribution in [0.2, 0.25) is 0 Å². The van der Waals surface area contributed by atoms with E-state index in [1.54, 1.807) is 6.08 Å². The van der Waals surface area contributed by atoms with Gasteiger partial charge in [-0.1, -0.05) is 6.08 Å². The molecule has 1 heterocycles. The number of carbonyl (C=O) groups is 1. The van der Waals surface area contributed by atoms with Gasteiger partial charge in [0.2, 0.25) is 0 Å². The van der Waals surface area contributed by atoms with Gasteiger partial charge in [-0.2, -0.15) is 0 Å². The van der Waals surface area contributed by atoms with Crippen molar-refractivity contribution >= 4 is 5.97 Å². The van der Waals surface area contributed by atoms with Crippen molar-refractivity contribution in [2.24, 2.45) is 0 Å². The van der Waals surface area contributed by atoms with Crippen molar-refractivity contribution in [2.45, 2.75) is 25.9 Å². The van der Waals surface area contributed by atoms with E-state index in [1.807, 2.05) is 33.2 Å². The Bertz CT molecular complexity index is 446. The van der Waals surface area contributed by atoms with Gasteiger partial charge in [0.1, 0.15) is 6.10 Å². The fourth-order valence-electron chi connectivity index (χ4n) is 2.27. The molecule has 104 valence electrons. The van der Waals surface area contributed by atoms with Crippen molar-refractivity contribution < 1.29 is 14.3 Å². The Balaban J connectivity index is 1.89. The highest BCUT2D eigenvalue weighted by Gasteiger charge is 2.28. The standard InChI is InChI=1S/C15H21NO3/c1-11-9-15(17)19-14-10-12(5-6-13(11)14)18-8-4-7-16(2)3/h5-6,9,14H,4,7-8,10H2,1-3H3. The van der Waals surface area contributed by atoms with Gasteiger partial charge in [-0.25, -0.2) is 4.79 Å². The number of fused-ring (bicyclic) bond motifs is 1. The number of carbonyl (C=O) groups excluding carboxylic acids is 1. The molecule has 2 aliphatic rings. The predicted octanol–water partition coefficient (Wildman–Crippen LogP) is 2.04. The molecular formula is C15H21NO3. The molecule has 4 nitrogen and oxygen atoms in total. The Morgan fingerprint density at radius 2 is 2.21 bits per heavy atom. The fraction of sp³-hybridized carbons (Fsp3) is 0.533. The summed E-state index contributed by atoms with van der Waals surface area (Å²) in [7, 11) is 4.09. The Morgan fingerprint density at radius 3 is 2.95 bits per heavy atom. The fourth-order valence-corrected chi connectivity index (χ4v) is 2.27. The Morgan fingerprint density at radius 1 is 1.42 bits per heavy atom. The Labute approximate surface area is 114 Å². The number of ether oxygens (including phenoxy) is 2. The van der Waals surface area contributed by atoms with Crippen LogP contribution in [0.15, 0.2) is 35.1 Å². The monoisotopic (exact) mass is 263 g/mol. The normalized spacial score (nSPS) is 22.2. The summed E-state index contributed by atoms with van der Waals surface area (Å²) in [5.41, 5.74) is 2.07. The molecule has 2 rings (SSSR count). The van der Waals surface area contributed by atoms with Crippen LogP contribution in [0.5, 0.6) is 0 Å². The van der Waals surface area contributed by atoms with E-state index in [1.165, 1.54) is 0 Å². The molecule has 1 aliphatic heterocycles. The van der Waals surface area contributed by atoms with E-state index < -0.39 is 0 Å². The molecule has 0 bridgehead atoms. The lowest BCUT2D eigenvalue weighted by molar-refractivity contribution is -0.142. The summed E-state index contributed by atoms with van der Waals surface area (Å²) in [6.45, 7) is 3.65. The summed E-state index contributed by atoms with van der Waals surface area (Å²) >= 11 is 0. The third kappa shape index (κ3) is 3.70. The van der Waals surface area contributed by atoms with Crippen molar-refractivity contribution in [3.8, 4) is 0 Å². The molecule has 0 aromatic heterocycles. The van der Waals surface area contributed by atoms with Crippen molar-refractivity contribution in [2.75, 3.05) is 27.2 Å². The first-order chi connectivity index (χ1) is 9.06. The molecule has 0 fully saturated rings. The average molecular weight is 263 g/mol. The largest absolute Gasteiger partial charge is 0.498 e. The number of hydrogen-bond acceptors (Lipinski definition) is 4. The zero-order chi connectivity index (χ0) is 13.8. The maximum atomic E-state index is 11.4. The quantitative estimate of drug-likeness (QED) is 0.562. The minimum atomic E-state index is -0.256. The van der Waals surface area contributed by atoms with Gasteiger partial charge in [-0.15, -0.1) is 0 Å². The summed E-state index contributed by atoms with van der Waals surface area (Å²) < 4.78 is 11.1. The molecule has 0 aromatic rings. The molecule has 0 saturated carbocycles. The number of allylic oxidation sites excluding steroid dienone is 2. The number of rotatable bonds is 5. The van der Waals surface area contributed by atoms with Crippen LogP contribution in [-0.2, 0) is 14.3 Å². The highest BCUT2D eigenvalue weighted by Crippen LogP contribution is 2.30. The minimum Gasteiger partial charge on any atom is -0.498 e. The van der Waals surface area contributed by atoms with E-state index in [0.717, 1.165) is 29.9 Å². The second-order valence-corrected chi connectivity index (χ2v) is 5.22. The Kier molecular flexibility index (Phi) is 4.43. The van der Waals surface area contributed by atoms with Crippen LogP contribution < -0.4 is 0 Å². The SMILES string of the molecule is CC1=CC(=O)OC2CC(OCCCN(C)C)=CC=C12. The van der Waals surface area contributed by atoms with Crippen molar-refractivity contribution in [3.63, 3.8) is 0 Å². The smallest absolute Gasteiger partial charge is 0.331 e. The molecule has 0 saturated heterocycles. The lowest BCUT2D eigenvalue weighted by Gasteiger charge is -2.28. The van der Waals surface area contributed by atoms with Crippen LogP contribution in [0.1, 0.15) is 19.8 Å². The van der Waals surface area contributed by atoms with E-state index in [0.29, 0.717) is 13.0 Å². The van der Waals surface area contributed by atoms with Crippen LogP contribution in [-0.4, -0.2) is 44.2 Å². The van der Waals surface area contributed by atoms with Gasteiger partial charge in [0, 0.05) is 19.0 Å². The molecule has 1 atom stereocenters. The van der Waals surface area contributed by atoms with Crippen LogP contribution >= 0.6 is 0 Å². The first-order valence-electron chi connectivity index (χ1n) is 6.64. The second-order valence-electron chi connectivity index (χ2n) is 5.22. The van der Waals surface area contributed by atoms with E-state index in [4.69, 9.17) is 9.47 Å². The van der Waals surface area contributed by atoms with Crippen molar-refractivity contribution in [1.29, 1.82) is 0 Å². The predicted molar refractivity (Wildman–Crippen MR) is 73.5 cm³/mol. The lowest BCUT2D eigenvalue weighted by Crippen LogP contribution is -2.27. The zero-order valence-corrected chi connectivity index (χ0v) is 11.8. The number of nitrogens with zero attached hydrogens (tertiary/aromatic N) is 1. The number of esters is 1. The molecular weight excluding hydrogens is 242 g/mol. The average Bonchev–Trinajstić information content (AvgIpc) is 2.33. The highest BCUT2D eigenvalue weighted by atomic mass is 16.5. The Hall–Kier alpha value is -1.55. The van der Waals surface area contributed by atoms with Crippen LogP contribution in [0.3, 0.4) is 0 Å². The molecule has 0 amide bonds. The molecule has 19 heavy (non-hydrogen) atoms. The van der Waals surface area contributed by atoms with Crippen molar-refractivity contribution in [1.82, 2.24) is 4.90 Å². The van der Waals surface area contributed by atoms with Crippen LogP contribution in [0.25, 0.3) is 0 Å². The summed E-state index contributed by atoms with van der Waals surface area (Å²) in [5, 5.41) is 0. The van der Waals surface area contributed by atoms with Gasteiger partial charge in [-0.05, 0) is 44.7 Å². The van der Waals surface area contributed by atoms with E-state index >= 15 is 0 Å². The van der Waals surface area contributed by atoms with Crippen molar-refractivity contribution in [3.05, 3.63) is 35.1 Å². The minimum absolute atomic E-state index is 0.175. The molecule has 0 aromatic carbocycles. The van der Waals surface area contributed by atoms with E-state index in [2.05, 4.69) is 4.90 Å². The topological polar surface area (TPSA) is 38.8 Å². The second kappa shape index (κ2) is 6.06. The number of hydrogen-bond donors (Lipinski definition) is 0. The zero-order valence-electron chi connectivity index (χ0n) is 11.8. The van der Waals surface area contributed by atoms with Gasteiger partial charge in [-0.3, -0.25) is 0 Å². The molecule has 1 aliphatic carbocycles. The molecule has 0 N–H and O–H groups in total. The summed E-state index contributed by atoms with van der Waals surface area (Å²) in [6, 6.07) is 0. The van der Waals surface area contributed by atoms with Gasteiger partial charge >= 0.3 is 5.97 Å². The third-order valence-corrected chi connectivity index (χ3v) is 3.27. The first-order valence-corrected chi connectivity index (χ1v) is 6.64. The summed E-state index contributed by atoms with van der Waals surface area (Å²) in [6.07, 6.45) is 6.98. The molecule has 0 spiro atoms. The maximum Gasteiger partial charge on any atom is 0.331 e. The van der Waals surface area contributed by atoms with Gasteiger partial charge in [0.25, 0.3) is 0 Å². The third-order valence-electron chi connectivity index (χ3n) is 3.27. The van der Waals surface area contributed by atoms with Crippen LogP contribution in [0, 0.1) is 0 Å². The highest BCUT2D eigenvalue weighted by molar-refractivity contribution is 5.86. The van der Waals surface area contributed by atoms with Gasteiger partial charge in [0.15, 0.2) is 0 Å². The van der Waals surface area contributed by atoms with Gasteiger partial charge < -0.3 is 14.4 Å². The van der Waals surface area contributed by atoms with Gasteiger partial charge in [0.05, 0.1) is 12.4 Å². The first kappa shape index (κ1) is 13.9.